The van der Waals surface area contributed by atoms with E-state index in [0.717, 1.165) is 56.6 Å². The summed E-state index contributed by atoms with van der Waals surface area (Å²) in [6, 6.07) is 27.2. The second kappa shape index (κ2) is 17.7. The minimum atomic E-state index is -1.10. The Morgan fingerprint density at radius 3 is 2.37 bits per heavy atom. The molecule has 14 nitrogen and oxygen atoms in total. The molecular formula is C48H46N6O8. The highest BCUT2D eigenvalue weighted by Gasteiger charge is 2.45. The molecule has 5 amide bonds. The fourth-order valence-electron chi connectivity index (χ4n) is 8.59. The van der Waals surface area contributed by atoms with Gasteiger partial charge in [-0.2, -0.15) is 5.10 Å². The van der Waals surface area contributed by atoms with Crippen LogP contribution in [-0.4, -0.2) is 80.9 Å². The number of aromatic carboxylic acids is 1. The summed E-state index contributed by atoms with van der Waals surface area (Å²) in [6.45, 7) is 5.23. The van der Waals surface area contributed by atoms with Gasteiger partial charge in [-0.05, 0) is 111 Å². The van der Waals surface area contributed by atoms with Crippen LogP contribution >= 0.6 is 0 Å². The molecule has 0 bridgehead atoms. The van der Waals surface area contributed by atoms with E-state index in [1.54, 1.807) is 22.7 Å². The van der Waals surface area contributed by atoms with Crippen molar-refractivity contribution in [1.29, 1.82) is 0 Å². The molecule has 316 valence electrons. The largest absolute Gasteiger partial charge is 0.493 e. The van der Waals surface area contributed by atoms with Crippen molar-refractivity contribution in [3.05, 3.63) is 130 Å². The summed E-state index contributed by atoms with van der Waals surface area (Å²) >= 11 is 0. The molecule has 0 aliphatic carbocycles. The Bertz CT molecular complexity index is 2770. The van der Waals surface area contributed by atoms with E-state index < -0.39 is 35.6 Å². The summed E-state index contributed by atoms with van der Waals surface area (Å²) in [7, 11) is 0. The molecule has 4 N–H and O–H groups in total. The first-order chi connectivity index (χ1) is 30.0. The fourth-order valence-corrected chi connectivity index (χ4v) is 8.59. The van der Waals surface area contributed by atoms with E-state index in [4.69, 9.17) is 4.74 Å². The van der Waals surface area contributed by atoms with Crippen molar-refractivity contribution in [3.63, 3.8) is 0 Å². The highest BCUT2D eigenvalue weighted by molar-refractivity contribution is 6.25. The van der Waals surface area contributed by atoms with Crippen LogP contribution in [-0.2, 0) is 16.0 Å². The number of carboxylic acid groups (broad SMARTS) is 1. The summed E-state index contributed by atoms with van der Waals surface area (Å²) in [5, 5.41) is 25.3. The monoisotopic (exact) mass is 834 g/mol. The van der Waals surface area contributed by atoms with Gasteiger partial charge in [-0.25, -0.2) is 9.31 Å². The van der Waals surface area contributed by atoms with Crippen LogP contribution in [0.4, 0.5) is 5.69 Å². The molecular weight excluding hydrogens is 789 g/mol. The SMILES string of the molecule is Cc1cc(C(=O)NCCCCCNc2cccc3c2C(=O)N(C2CCC(=O)NC2=O)C3=O)cc(C)c1-c1cccc2c(CCCOc3cccc4ccccc34)c(C(=O)O)nn12. The van der Waals surface area contributed by atoms with Crippen LogP contribution in [0.15, 0.2) is 91.0 Å². The molecule has 6 aromatic rings. The van der Waals surface area contributed by atoms with Gasteiger partial charge >= 0.3 is 5.97 Å². The molecule has 2 aromatic heterocycles. The summed E-state index contributed by atoms with van der Waals surface area (Å²) in [4.78, 5) is 77.3. The van der Waals surface area contributed by atoms with Crippen molar-refractivity contribution >= 4 is 57.5 Å². The minimum Gasteiger partial charge on any atom is -0.493 e. The van der Waals surface area contributed by atoms with Gasteiger partial charge in [-0.3, -0.25) is 34.2 Å². The number of carbonyl (C=O) groups excluding carboxylic acids is 5. The van der Waals surface area contributed by atoms with Gasteiger partial charge in [0.15, 0.2) is 5.69 Å². The van der Waals surface area contributed by atoms with Gasteiger partial charge in [0.1, 0.15) is 11.8 Å². The van der Waals surface area contributed by atoms with Gasteiger partial charge in [-0.1, -0.05) is 48.5 Å². The van der Waals surface area contributed by atoms with Crippen molar-refractivity contribution < 1.29 is 38.6 Å². The lowest BCUT2D eigenvalue weighted by Gasteiger charge is -2.27. The van der Waals surface area contributed by atoms with Gasteiger partial charge in [-0.15, -0.1) is 0 Å². The van der Waals surface area contributed by atoms with Crippen LogP contribution in [0.3, 0.4) is 0 Å². The van der Waals surface area contributed by atoms with Crippen LogP contribution in [0.25, 0.3) is 27.5 Å². The van der Waals surface area contributed by atoms with Gasteiger partial charge < -0.3 is 20.5 Å². The molecule has 8 rings (SSSR count). The molecule has 1 fully saturated rings. The number of hydrogen-bond donors (Lipinski definition) is 4. The summed E-state index contributed by atoms with van der Waals surface area (Å²) in [5.74, 6) is -2.71. The molecule has 0 saturated carbocycles. The van der Waals surface area contributed by atoms with E-state index >= 15 is 0 Å². The first kappa shape index (κ1) is 41.4. The Kier molecular flexibility index (Phi) is 11.8. The molecule has 4 aromatic carbocycles. The number of nitrogens with zero attached hydrogens (tertiary/aromatic N) is 3. The number of fused-ring (bicyclic) bond motifs is 3. The number of benzene rings is 4. The molecule has 14 heteroatoms. The molecule has 1 atom stereocenters. The van der Waals surface area contributed by atoms with E-state index in [9.17, 15) is 33.9 Å². The Labute approximate surface area is 357 Å². The predicted octanol–water partition coefficient (Wildman–Crippen LogP) is 6.89. The number of aromatic nitrogens is 2. The Hall–Kier alpha value is -7.35. The number of rotatable bonds is 16. The maximum absolute atomic E-state index is 13.4. The van der Waals surface area contributed by atoms with Gasteiger partial charge in [0.05, 0.1) is 28.9 Å². The highest BCUT2D eigenvalue weighted by atomic mass is 16.5. The average Bonchev–Trinajstić information content (AvgIpc) is 3.76. The zero-order chi connectivity index (χ0) is 43.5. The summed E-state index contributed by atoms with van der Waals surface area (Å²) < 4.78 is 7.83. The van der Waals surface area contributed by atoms with Crippen LogP contribution in [0.5, 0.6) is 5.75 Å². The van der Waals surface area contributed by atoms with Crippen molar-refractivity contribution in [1.82, 2.24) is 25.1 Å². The number of pyridine rings is 1. The smallest absolute Gasteiger partial charge is 0.356 e. The second-order valence-corrected chi connectivity index (χ2v) is 15.7. The molecule has 62 heavy (non-hydrogen) atoms. The lowest BCUT2D eigenvalue weighted by atomic mass is 9.96. The number of carbonyl (C=O) groups is 6. The number of unbranched alkanes of at least 4 members (excludes halogenated alkanes) is 2. The van der Waals surface area contributed by atoms with E-state index in [2.05, 4.69) is 21.0 Å². The number of piperidine rings is 1. The van der Waals surface area contributed by atoms with Crippen LogP contribution in [0.1, 0.15) is 96.8 Å². The Morgan fingerprint density at radius 2 is 1.58 bits per heavy atom. The molecule has 0 radical (unpaired) electrons. The molecule has 0 spiro atoms. The molecule has 4 heterocycles. The number of anilines is 1. The van der Waals surface area contributed by atoms with E-state index in [0.29, 0.717) is 61.3 Å². The number of imide groups is 2. The standard InChI is InChI=1S/C48H46N6O8/c1-28-26-31(44(56)50-24-7-3-6-23-49-35-17-9-15-34-42(35)47(59)53(46(34)58)38-21-22-40(55)51-45(38)57)27-29(2)41(28)37-19-10-18-36-33(43(48(60)61)52-54(36)37)16-11-25-62-39-20-8-13-30-12-4-5-14-32(30)39/h4-5,8-10,12-15,17-20,26-27,38,49H,3,6-7,11,16,21-25H2,1-2H3,(H,50,56)(H,60,61)(H,51,55,57). The third-order valence-electron chi connectivity index (χ3n) is 11.5. The van der Waals surface area contributed by atoms with Crippen molar-refractivity contribution in [2.45, 2.75) is 64.8 Å². The van der Waals surface area contributed by atoms with E-state index in [1.807, 2.05) is 86.6 Å². The molecule has 1 saturated heterocycles. The molecule has 2 aliphatic rings. The second-order valence-electron chi connectivity index (χ2n) is 15.7. The molecule has 2 aliphatic heterocycles. The first-order valence-electron chi connectivity index (χ1n) is 20.8. The Morgan fingerprint density at radius 1 is 0.839 bits per heavy atom. The third-order valence-corrected chi connectivity index (χ3v) is 11.5. The number of hydrogen-bond acceptors (Lipinski definition) is 9. The van der Waals surface area contributed by atoms with E-state index in [-0.39, 0.29) is 35.6 Å². The minimum absolute atomic E-state index is 0.00164. The first-order valence-corrected chi connectivity index (χ1v) is 20.8. The fraction of sp³-hybridized carbons (Fsp3) is 0.271. The number of nitrogens with one attached hydrogen (secondary N) is 3. The maximum Gasteiger partial charge on any atom is 0.356 e. The van der Waals surface area contributed by atoms with Gasteiger partial charge in [0.2, 0.25) is 11.8 Å². The highest BCUT2D eigenvalue weighted by Crippen LogP contribution is 2.34. The normalized spacial score (nSPS) is 14.9. The zero-order valence-electron chi connectivity index (χ0n) is 34.5. The lowest BCUT2D eigenvalue weighted by molar-refractivity contribution is -0.136. The number of aryl methyl sites for hydroxylation is 3. The van der Waals surface area contributed by atoms with Gasteiger partial charge in [0.25, 0.3) is 17.7 Å². The molecule has 1 unspecified atom stereocenters. The van der Waals surface area contributed by atoms with Crippen molar-refractivity contribution in [2.75, 3.05) is 25.0 Å². The summed E-state index contributed by atoms with van der Waals surface area (Å²) in [6.07, 6.45) is 3.40. The van der Waals surface area contributed by atoms with Crippen molar-refractivity contribution in [2.24, 2.45) is 0 Å². The van der Waals surface area contributed by atoms with Crippen molar-refractivity contribution in [3.8, 4) is 17.0 Å². The average molecular weight is 835 g/mol. The zero-order valence-corrected chi connectivity index (χ0v) is 34.5. The van der Waals surface area contributed by atoms with E-state index in [1.165, 1.54) is 0 Å². The topological polar surface area (TPSA) is 189 Å². The predicted molar refractivity (Wildman–Crippen MR) is 233 cm³/mol. The summed E-state index contributed by atoms with van der Waals surface area (Å²) in [5.41, 5.74) is 6.07. The quantitative estimate of drug-likeness (QED) is 0.0590. The van der Waals surface area contributed by atoms with Gasteiger partial charge in [0, 0.05) is 47.3 Å². The Balaban J connectivity index is 0.853. The lowest BCUT2D eigenvalue weighted by Crippen LogP contribution is -2.54. The number of ether oxygens (including phenoxy) is 1. The number of carboxylic acids is 1. The third kappa shape index (κ3) is 8.10. The number of amides is 5. The van der Waals surface area contributed by atoms with Crippen LogP contribution < -0.4 is 20.7 Å². The van der Waals surface area contributed by atoms with Crippen LogP contribution in [0.2, 0.25) is 0 Å². The van der Waals surface area contributed by atoms with Crippen LogP contribution in [0, 0.1) is 13.8 Å². The maximum atomic E-state index is 13.4.